The Morgan fingerprint density at radius 1 is 1.10 bits per heavy atom. The van der Waals surface area contributed by atoms with Gasteiger partial charge in [0.05, 0.1) is 0 Å². The number of aryl methyl sites for hydroxylation is 1. The second-order valence-electron chi connectivity index (χ2n) is 5.08. The van der Waals surface area contributed by atoms with Gasteiger partial charge in [-0.3, -0.25) is 15.0 Å². The minimum Gasteiger partial charge on any atom is -0.271 e. The number of hydrogen-bond donors (Lipinski definition) is 1. The molecule has 5 nitrogen and oxygen atoms in total. The molecule has 0 spiro atoms. The molecule has 0 radical (unpaired) electrons. The Balaban J connectivity index is 2.32. The lowest BCUT2D eigenvalue weighted by Crippen LogP contribution is -2.37. The summed E-state index contributed by atoms with van der Waals surface area (Å²) in [5.74, 6) is -4.03. The highest BCUT2D eigenvalue weighted by molar-refractivity contribution is 6.19. The maximum absolute atomic E-state index is 13.4. The molecular weight excluding hydrogens is 280 g/mol. The predicted octanol–water partition coefficient (Wildman–Crippen LogP) is 2.53. The maximum Gasteiger partial charge on any atom is 0.275 e. The van der Waals surface area contributed by atoms with Crippen molar-refractivity contribution in [2.45, 2.75) is 33.6 Å². The van der Waals surface area contributed by atoms with Crippen LogP contribution < -0.4 is 5.43 Å². The molecule has 0 atom stereocenters. The lowest BCUT2D eigenvalue weighted by Gasteiger charge is -2.19. The van der Waals surface area contributed by atoms with Crippen molar-refractivity contribution >= 4 is 17.6 Å². The topological polar surface area (TPSA) is 62.3 Å². The number of anilines is 1. The summed E-state index contributed by atoms with van der Waals surface area (Å²) < 4.78 is 26.8. The molecule has 112 valence electrons. The van der Waals surface area contributed by atoms with Crippen molar-refractivity contribution < 1.29 is 18.4 Å². The summed E-state index contributed by atoms with van der Waals surface area (Å²) in [6.07, 6.45) is 0. The number of rotatable bonds is 3. The van der Waals surface area contributed by atoms with Crippen molar-refractivity contribution in [2.75, 3.05) is 5.43 Å². The van der Waals surface area contributed by atoms with Gasteiger partial charge in [0.25, 0.3) is 17.7 Å². The van der Waals surface area contributed by atoms with Crippen LogP contribution in [0.1, 0.15) is 32.0 Å². The van der Waals surface area contributed by atoms with Gasteiger partial charge in [-0.25, -0.2) is 13.8 Å². The Hall–Kier alpha value is -2.31. The van der Waals surface area contributed by atoms with Crippen LogP contribution in [-0.4, -0.2) is 21.8 Å². The van der Waals surface area contributed by atoms with Crippen molar-refractivity contribution in [2.24, 2.45) is 0 Å². The molecule has 0 aromatic carbocycles. The molecule has 2 heterocycles. The summed E-state index contributed by atoms with van der Waals surface area (Å²) in [5.41, 5.74) is 3.26. The van der Waals surface area contributed by atoms with E-state index >= 15 is 0 Å². The molecule has 0 saturated heterocycles. The van der Waals surface area contributed by atoms with Gasteiger partial charge in [0.1, 0.15) is 5.82 Å². The van der Waals surface area contributed by atoms with E-state index in [2.05, 4.69) is 10.4 Å². The quantitative estimate of drug-likeness (QED) is 0.870. The van der Waals surface area contributed by atoms with Crippen LogP contribution in [0.2, 0.25) is 0 Å². The van der Waals surface area contributed by atoms with Crippen LogP contribution in [0.25, 0.3) is 0 Å². The standard InChI is InChI=1S/C14H15F2N3O2/c1-7-5-10(14(4,15)16)6-11(17-7)18-19-12(20)8(2)9(3)13(19)21/h5-6H,1-4H3,(H,17,18). The fourth-order valence-electron chi connectivity index (χ4n) is 1.94. The first-order chi connectivity index (χ1) is 9.61. The zero-order valence-electron chi connectivity index (χ0n) is 12.1. The first-order valence-corrected chi connectivity index (χ1v) is 6.31. The van der Waals surface area contributed by atoms with Crippen LogP contribution in [0.3, 0.4) is 0 Å². The second kappa shape index (κ2) is 4.91. The molecule has 2 rings (SSSR count). The molecule has 2 amide bonds. The number of halogens is 2. The molecule has 0 bridgehead atoms. The molecule has 0 aliphatic carbocycles. The molecular formula is C14H15F2N3O2. The average molecular weight is 295 g/mol. The van der Waals surface area contributed by atoms with E-state index in [9.17, 15) is 18.4 Å². The molecule has 0 saturated carbocycles. The third-order valence-electron chi connectivity index (χ3n) is 3.30. The third-order valence-corrected chi connectivity index (χ3v) is 3.30. The molecule has 1 aromatic heterocycles. The Morgan fingerprint density at radius 3 is 2.10 bits per heavy atom. The molecule has 0 fully saturated rings. The minimum absolute atomic E-state index is 0.0238. The Kier molecular flexibility index (Phi) is 3.52. The normalized spacial score (nSPS) is 16.0. The highest BCUT2D eigenvalue weighted by Crippen LogP contribution is 2.29. The summed E-state index contributed by atoms with van der Waals surface area (Å²) in [5, 5.41) is 0.782. The average Bonchev–Trinajstić information content (AvgIpc) is 2.55. The first-order valence-electron chi connectivity index (χ1n) is 6.31. The Morgan fingerprint density at radius 2 is 1.62 bits per heavy atom. The Bertz CT molecular complexity index is 639. The number of carbonyl (C=O) groups excluding carboxylic acids is 2. The highest BCUT2D eigenvalue weighted by atomic mass is 19.3. The molecule has 1 aromatic rings. The van der Waals surface area contributed by atoms with E-state index in [0.717, 1.165) is 18.0 Å². The van der Waals surface area contributed by atoms with Gasteiger partial charge in [0, 0.05) is 29.3 Å². The SMILES string of the molecule is CC1=C(C)C(=O)N(Nc2cc(C(C)(F)F)cc(C)n2)C1=O. The van der Waals surface area contributed by atoms with Gasteiger partial charge in [-0.15, -0.1) is 0 Å². The lowest BCUT2D eigenvalue weighted by molar-refractivity contribution is -0.135. The number of imide groups is 1. The van der Waals surface area contributed by atoms with E-state index in [1.54, 1.807) is 6.92 Å². The van der Waals surface area contributed by atoms with Gasteiger partial charge in [0.15, 0.2) is 0 Å². The van der Waals surface area contributed by atoms with Crippen LogP contribution in [0.5, 0.6) is 0 Å². The zero-order valence-corrected chi connectivity index (χ0v) is 12.1. The minimum atomic E-state index is -3.03. The summed E-state index contributed by atoms with van der Waals surface area (Å²) >= 11 is 0. The van der Waals surface area contributed by atoms with Gasteiger partial charge in [-0.1, -0.05) is 0 Å². The largest absolute Gasteiger partial charge is 0.275 e. The number of carbonyl (C=O) groups is 2. The van der Waals surface area contributed by atoms with Crippen molar-refractivity contribution in [1.29, 1.82) is 0 Å². The third kappa shape index (κ3) is 2.76. The van der Waals surface area contributed by atoms with E-state index in [4.69, 9.17) is 0 Å². The summed E-state index contributed by atoms with van der Waals surface area (Å²) in [6.45, 7) is 5.40. The van der Waals surface area contributed by atoms with Gasteiger partial charge in [0.2, 0.25) is 0 Å². The number of aromatic nitrogens is 1. The summed E-state index contributed by atoms with van der Waals surface area (Å²) in [4.78, 5) is 27.8. The van der Waals surface area contributed by atoms with Crippen LogP contribution >= 0.6 is 0 Å². The molecule has 1 aliphatic heterocycles. The summed E-state index contributed by atoms with van der Waals surface area (Å²) in [6, 6.07) is 2.38. The number of nitrogens with one attached hydrogen (secondary N) is 1. The number of pyridine rings is 1. The van der Waals surface area contributed by atoms with Crippen LogP contribution in [0, 0.1) is 6.92 Å². The van der Waals surface area contributed by atoms with Crippen LogP contribution in [0.4, 0.5) is 14.6 Å². The van der Waals surface area contributed by atoms with Crippen LogP contribution in [0.15, 0.2) is 23.3 Å². The number of hydrazine groups is 1. The number of amides is 2. The first kappa shape index (κ1) is 15.1. The van der Waals surface area contributed by atoms with Crippen molar-refractivity contribution in [3.63, 3.8) is 0 Å². The van der Waals surface area contributed by atoms with Gasteiger partial charge < -0.3 is 0 Å². The van der Waals surface area contributed by atoms with Crippen molar-refractivity contribution in [1.82, 2.24) is 9.99 Å². The second-order valence-corrected chi connectivity index (χ2v) is 5.08. The molecule has 21 heavy (non-hydrogen) atoms. The van der Waals surface area contributed by atoms with E-state index in [-0.39, 0.29) is 11.4 Å². The molecule has 1 N–H and O–H groups in total. The van der Waals surface area contributed by atoms with Crippen LogP contribution in [-0.2, 0) is 15.5 Å². The Labute approximate surface area is 120 Å². The van der Waals surface area contributed by atoms with Gasteiger partial charge in [-0.05, 0) is 32.9 Å². The van der Waals surface area contributed by atoms with Gasteiger partial charge >= 0.3 is 0 Å². The van der Waals surface area contributed by atoms with Crippen molar-refractivity contribution in [3.05, 3.63) is 34.5 Å². The number of nitrogens with zero attached hydrogens (tertiary/aromatic N) is 2. The van der Waals surface area contributed by atoms with Crippen molar-refractivity contribution in [3.8, 4) is 0 Å². The summed E-state index contributed by atoms with van der Waals surface area (Å²) in [7, 11) is 0. The smallest absolute Gasteiger partial charge is 0.271 e. The molecule has 7 heteroatoms. The number of hydrogen-bond acceptors (Lipinski definition) is 4. The monoisotopic (exact) mass is 295 g/mol. The number of alkyl halides is 2. The highest BCUT2D eigenvalue weighted by Gasteiger charge is 2.34. The predicted molar refractivity (Wildman–Crippen MR) is 72.4 cm³/mol. The maximum atomic E-state index is 13.4. The van der Waals surface area contributed by atoms with E-state index < -0.39 is 17.7 Å². The fourth-order valence-corrected chi connectivity index (χ4v) is 1.94. The fraction of sp³-hybridized carbons (Fsp3) is 0.357. The van der Waals surface area contributed by atoms with Gasteiger partial charge in [-0.2, -0.15) is 5.01 Å². The van der Waals surface area contributed by atoms with E-state index in [0.29, 0.717) is 16.8 Å². The van der Waals surface area contributed by atoms with E-state index in [1.807, 2.05) is 0 Å². The van der Waals surface area contributed by atoms with E-state index in [1.165, 1.54) is 19.9 Å². The lowest BCUT2D eigenvalue weighted by atomic mass is 10.1. The zero-order chi connectivity index (χ0) is 15.9. The molecule has 0 unspecified atom stereocenters. The molecule has 1 aliphatic rings.